The van der Waals surface area contributed by atoms with Crippen molar-refractivity contribution in [1.82, 2.24) is 10.6 Å². The SMILES string of the molecule is C=C(CNC(C)=O)[C@@H]1CC[C@]2(C(=O)NCCCCCCCCCCC(=O)OC)CC[C@]3(C)[C@H](CC[C@@H]4[C@@]5(C)CC[C@H](OC(C)=O)C(C)(C)[C@@H]5CC[C@]43C)[C@@H]12. The van der Waals surface area contributed by atoms with Gasteiger partial charge in [-0.25, -0.2) is 0 Å². The summed E-state index contributed by atoms with van der Waals surface area (Å²) >= 11 is 0. The van der Waals surface area contributed by atoms with E-state index in [0.29, 0.717) is 30.7 Å². The van der Waals surface area contributed by atoms with Gasteiger partial charge in [-0.2, -0.15) is 0 Å². The molecule has 0 heterocycles. The largest absolute Gasteiger partial charge is 0.469 e. The van der Waals surface area contributed by atoms with Crippen LogP contribution in [0.5, 0.6) is 0 Å². The molecule has 0 aliphatic heterocycles. The highest BCUT2D eigenvalue weighted by Gasteiger charge is 2.72. The number of esters is 2. The highest BCUT2D eigenvalue weighted by Crippen LogP contribution is 2.77. The van der Waals surface area contributed by atoms with Crippen LogP contribution in [-0.2, 0) is 28.7 Å². The molecule has 54 heavy (non-hydrogen) atoms. The predicted octanol–water partition coefficient (Wildman–Crippen LogP) is 9.49. The van der Waals surface area contributed by atoms with Crippen LogP contribution >= 0.6 is 0 Å². The van der Waals surface area contributed by atoms with Gasteiger partial charge in [-0.15, -0.1) is 0 Å². The maximum atomic E-state index is 14.6. The van der Waals surface area contributed by atoms with Gasteiger partial charge in [0, 0.05) is 38.8 Å². The fourth-order valence-corrected chi connectivity index (χ4v) is 14.1. The standard InChI is InChI=1S/C46H76N2O6/c1-31(30-48-32(2)49)34-21-26-46(41(52)47-29-17-15-13-11-10-12-14-16-18-39(51)53-9)28-27-44(7)35(40(34)46)19-20-37-43(6)24-23-38(54-33(3)50)42(4,5)36(43)22-25-45(37,44)8/h34-38,40H,1,10-30H2,2-9H3,(H,47,52)(H,48,49)/t34-,35+,36-,37+,38-,40+,43-,44+,45+,46-/m0/s1. The van der Waals surface area contributed by atoms with E-state index in [-0.39, 0.29) is 68.8 Å². The molecular formula is C46H76N2O6. The average molecular weight is 753 g/mol. The first-order valence-electron chi connectivity index (χ1n) is 21.9. The van der Waals surface area contributed by atoms with Gasteiger partial charge in [-0.1, -0.05) is 85.3 Å². The highest BCUT2D eigenvalue weighted by atomic mass is 16.5. The Kier molecular flexibility index (Phi) is 13.5. The number of carbonyl (C=O) groups is 4. The van der Waals surface area contributed by atoms with Gasteiger partial charge >= 0.3 is 11.9 Å². The number of nitrogens with one attached hydrogen (secondary N) is 2. The lowest BCUT2D eigenvalue weighted by atomic mass is 9.32. The number of unbranched alkanes of at least 4 members (excludes halogenated alkanes) is 7. The Morgan fingerprint density at radius 1 is 0.704 bits per heavy atom. The van der Waals surface area contributed by atoms with Crippen LogP contribution in [0.1, 0.15) is 170 Å². The Morgan fingerprint density at radius 3 is 2.02 bits per heavy atom. The van der Waals surface area contributed by atoms with Crippen molar-refractivity contribution < 1.29 is 28.7 Å². The third-order valence-corrected chi connectivity index (χ3v) is 17.0. The molecule has 306 valence electrons. The molecule has 0 aromatic carbocycles. The Labute approximate surface area is 327 Å². The lowest BCUT2D eigenvalue weighted by molar-refractivity contribution is -0.248. The number of fused-ring (bicyclic) bond motifs is 7. The fourth-order valence-electron chi connectivity index (χ4n) is 14.1. The minimum atomic E-state index is -0.382. The van der Waals surface area contributed by atoms with Gasteiger partial charge in [0.25, 0.3) is 0 Å². The van der Waals surface area contributed by atoms with Crippen LogP contribution in [0.15, 0.2) is 12.2 Å². The molecule has 0 spiro atoms. The second-order valence-corrected chi connectivity index (χ2v) is 19.9. The molecule has 10 atom stereocenters. The highest BCUT2D eigenvalue weighted by molar-refractivity contribution is 5.84. The van der Waals surface area contributed by atoms with E-state index >= 15 is 0 Å². The Hall–Kier alpha value is -2.38. The maximum Gasteiger partial charge on any atom is 0.305 e. The van der Waals surface area contributed by atoms with Crippen molar-refractivity contribution in [2.45, 2.75) is 177 Å². The molecule has 5 saturated carbocycles. The van der Waals surface area contributed by atoms with E-state index in [4.69, 9.17) is 9.47 Å². The molecule has 0 unspecified atom stereocenters. The van der Waals surface area contributed by atoms with E-state index in [0.717, 1.165) is 95.6 Å². The number of hydrogen-bond acceptors (Lipinski definition) is 6. The first-order valence-corrected chi connectivity index (χ1v) is 21.9. The Balaban J connectivity index is 1.28. The molecule has 8 heteroatoms. The first-order chi connectivity index (χ1) is 25.5. The minimum absolute atomic E-state index is 0.0255. The van der Waals surface area contributed by atoms with E-state index < -0.39 is 0 Å². The van der Waals surface area contributed by atoms with Crippen molar-refractivity contribution in [2.24, 2.45) is 56.7 Å². The average Bonchev–Trinajstić information content (AvgIpc) is 3.52. The zero-order valence-electron chi connectivity index (χ0n) is 35.5. The van der Waals surface area contributed by atoms with Crippen molar-refractivity contribution in [3.8, 4) is 0 Å². The fraction of sp³-hybridized carbons (Fsp3) is 0.870. The smallest absolute Gasteiger partial charge is 0.305 e. The number of methoxy groups -OCH3 is 1. The zero-order chi connectivity index (χ0) is 39.5. The third kappa shape index (κ3) is 7.93. The van der Waals surface area contributed by atoms with Gasteiger partial charge in [0.2, 0.25) is 11.8 Å². The predicted molar refractivity (Wildman–Crippen MR) is 214 cm³/mol. The molecule has 5 fully saturated rings. The monoisotopic (exact) mass is 753 g/mol. The topological polar surface area (TPSA) is 111 Å². The van der Waals surface area contributed by atoms with E-state index in [1.807, 2.05) is 0 Å². The summed E-state index contributed by atoms with van der Waals surface area (Å²) in [7, 11) is 1.45. The summed E-state index contributed by atoms with van der Waals surface area (Å²) in [4.78, 5) is 50.1. The van der Waals surface area contributed by atoms with Crippen LogP contribution in [0.3, 0.4) is 0 Å². The molecule has 8 nitrogen and oxygen atoms in total. The van der Waals surface area contributed by atoms with Gasteiger partial charge < -0.3 is 20.1 Å². The number of rotatable bonds is 16. The van der Waals surface area contributed by atoms with Crippen LogP contribution in [0.25, 0.3) is 0 Å². The van der Waals surface area contributed by atoms with Gasteiger partial charge in [-0.3, -0.25) is 19.2 Å². The van der Waals surface area contributed by atoms with Crippen molar-refractivity contribution in [3.05, 3.63) is 12.2 Å². The zero-order valence-corrected chi connectivity index (χ0v) is 35.5. The summed E-state index contributed by atoms with van der Waals surface area (Å²) in [6.45, 7) is 21.5. The summed E-state index contributed by atoms with van der Waals surface area (Å²) in [5, 5.41) is 6.53. The van der Waals surface area contributed by atoms with E-state index in [9.17, 15) is 19.2 Å². The molecule has 0 aromatic heterocycles. The van der Waals surface area contributed by atoms with Crippen molar-refractivity contribution >= 4 is 23.8 Å². The second-order valence-electron chi connectivity index (χ2n) is 19.9. The van der Waals surface area contributed by atoms with E-state index in [1.54, 1.807) is 13.8 Å². The van der Waals surface area contributed by atoms with Crippen LogP contribution in [-0.4, -0.2) is 50.1 Å². The lowest BCUT2D eigenvalue weighted by Crippen LogP contribution is -2.67. The minimum Gasteiger partial charge on any atom is -0.469 e. The molecule has 5 aliphatic carbocycles. The summed E-state index contributed by atoms with van der Waals surface area (Å²) in [5.41, 5.74) is 1.08. The van der Waals surface area contributed by atoms with Crippen molar-refractivity contribution in [1.29, 1.82) is 0 Å². The normalized spacial score (nSPS) is 37.8. The van der Waals surface area contributed by atoms with Gasteiger partial charge in [0.15, 0.2) is 0 Å². The summed E-state index contributed by atoms with van der Waals surface area (Å²) in [6.07, 6.45) is 19.9. The van der Waals surface area contributed by atoms with E-state index in [2.05, 4.69) is 51.8 Å². The Morgan fingerprint density at radius 2 is 1.37 bits per heavy atom. The van der Waals surface area contributed by atoms with E-state index in [1.165, 1.54) is 39.2 Å². The molecule has 2 amide bonds. The van der Waals surface area contributed by atoms with Gasteiger partial charge in [0.05, 0.1) is 12.5 Å². The molecule has 5 rings (SSSR count). The molecule has 0 aromatic rings. The molecule has 5 aliphatic rings. The van der Waals surface area contributed by atoms with Crippen LogP contribution < -0.4 is 10.6 Å². The second kappa shape index (κ2) is 17.0. The van der Waals surface area contributed by atoms with Crippen molar-refractivity contribution in [3.63, 3.8) is 0 Å². The molecule has 0 radical (unpaired) electrons. The van der Waals surface area contributed by atoms with Crippen LogP contribution in [0.2, 0.25) is 0 Å². The summed E-state index contributed by atoms with van der Waals surface area (Å²) in [6, 6.07) is 0. The van der Waals surface area contributed by atoms with Crippen LogP contribution in [0.4, 0.5) is 0 Å². The van der Waals surface area contributed by atoms with Crippen molar-refractivity contribution in [2.75, 3.05) is 20.2 Å². The summed E-state index contributed by atoms with van der Waals surface area (Å²) < 4.78 is 10.7. The maximum absolute atomic E-state index is 14.6. The molecule has 0 bridgehead atoms. The number of hydrogen-bond donors (Lipinski definition) is 2. The quantitative estimate of drug-likeness (QED) is 0.0924. The third-order valence-electron chi connectivity index (χ3n) is 17.0. The van der Waals surface area contributed by atoms with Gasteiger partial charge in [0.1, 0.15) is 6.10 Å². The molecule has 0 saturated heterocycles. The molecule has 2 N–H and O–H groups in total. The number of carbonyl (C=O) groups excluding carboxylic acids is 4. The molecular weight excluding hydrogens is 677 g/mol. The number of amides is 2. The Bertz CT molecular complexity index is 1390. The van der Waals surface area contributed by atoms with Gasteiger partial charge in [-0.05, 0) is 123 Å². The lowest BCUT2D eigenvalue weighted by Gasteiger charge is -2.72. The van der Waals surface area contributed by atoms with Crippen LogP contribution in [0, 0.1) is 56.7 Å². The first kappa shape index (κ1) is 42.8. The number of ether oxygens (including phenoxy) is 2. The summed E-state index contributed by atoms with van der Waals surface area (Å²) in [5.74, 6) is 1.93.